The summed E-state index contributed by atoms with van der Waals surface area (Å²) < 4.78 is 0. The summed E-state index contributed by atoms with van der Waals surface area (Å²) in [5, 5.41) is 0. The minimum atomic E-state index is 0.399. The topological polar surface area (TPSA) is 45.4 Å². The van der Waals surface area contributed by atoms with Crippen molar-refractivity contribution in [2.75, 3.05) is 31.6 Å². The van der Waals surface area contributed by atoms with Crippen molar-refractivity contribution >= 4 is 23.0 Å². The second-order valence-electron chi connectivity index (χ2n) is 4.54. The number of piperazine rings is 1. The molecular formula is C12H18N4S. The molecule has 2 N–H and O–H groups in total. The molecule has 1 unspecified atom stereocenters. The average Bonchev–Trinajstić information content (AvgIpc) is 2.33. The summed E-state index contributed by atoms with van der Waals surface area (Å²) in [4.78, 5) is 9.48. The molecule has 2 heterocycles. The van der Waals surface area contributed by atoms with Crippen molar-refractivity contribution in [1.82, 2.24) is 9.88 Å². The third-order valence-corrected chi connectivity index (χ3v) is 3.55. The van der Waals surface area contributed by atoms with Gasteiger partial charge in [0.05, 0.1) is 0 Å². The van der Waals surface area contributed by atoms with Crippen LogP contribution in [0.25, 0.3) is 0 Å². The molecule has 1 aromatic heterocycles. The van der Waals surface area contributed by atoms with Crippen molar-refractivity contribution in [3.8, 4) is 0 Å². The van der Waals surface area contributed by atoms with Crippen molar-refractivity contribution < 1.29 is 0 Å². The number of thiocarbonyl (C=S) groups is 1. The van der Waals surface area contributed by atoms with E-state index in [0.29, 0.717) is 11.0 Å². The van der Waals surface area contributed by atoms with Gasteiger partial charge in [0.1, 0.15) is 10.8 Å². The minimum absolute atomic E-state index is 0.399. The van der Waals surface area contributed by atoms with Crippen LogP contribution in [0, 0.1) is 0 Å². The molecule has 0 saturated carbocycles. The van der Waals surface area contributed by atoms with Gasteiger partial charge >= 0.3 is 0 Å². The zero-order chi connectivity index (χ0) is 12.4. The maximum absolute atomic E-state index is 5.55. The van der Waals surface area contributed by atoms with E-state index >= 15 is 0 Å². The molecule has 4 nitrogen and oxygen atoms in total. The number of hydrogen-bond acceptors (Lipinski definition) is 4. The van der Waals surface area contributed by atoms with E-state index in [9.17, 15) is 0 Å². The second-order valence-corrected chi connectivity index (χ2v) is 4.98. The van der Waals surface area contributed by atoms with Crippen molar-refractivity contribution in [3.63, 3.8) is 0 Å². The zero-order valence-electron chi connectivity index (χ0n) is 10.3. The van der Waals surface area contributed by atoms with Crippen LogP contribution in [0.4, 0.5) is 5.82 Å². The first kappa shape index (κ1) is 12.3. The maximum atomic E-state index is 5.55. The van der Waals surface area contributed by atoms with Crippen LogP contribution in [-0.4, -0.2) is 47.6 Å². The molecule has 0 aliphatic carbocycles. The molecule has 92 valence electrons. The molecule has 17 heavy (non-hydrogen) atoms. The molecule has 1 aromatic rings. The van der Waals surface area contributed by atoms with Crippen molar-refractivity contribution in [2.45, 2.75) is 13.0 Å². The lowest BCUT2D eigenvalue weighted by molar-refractivity contribution is 0.233. The molecule has 1 fully saturated rings. The first-order chi connectivity index (χ1) is 8.08. The van der Waals surface area contributed by atoms with Gasteiger partial charge in [0.25, 0.3) is 0 Å². The quantitative estimate of drug-likeness (QED) is 0.789. The molecule has 1 aliphatic rings. The van der Waals surface area contributed by atoms with Crippen molar-refractivity contribution in [3.05, 3.63) is 23.9 Å². The van der Waals surface area contributed by atoms with Crippen molar-refractivity contribution in [2.24, 2.45) is 5.73 Å². The number of likely N-dealkylation sites (N-methyl/N-ethyl adjacent to an activating group) is 1. The fraction of sp³-hybridized carbons (Fsp3) is 0.500. The first-order valence-electron chi connectivity index (χ1n) is 5.79. The highest BCUT2D eigenvalue weighted by Crippen LogP contribution is 2.16. The molecule has 2 rings (SSSR count). The summed E-state index contributed by atoms with van der Waals surface area (Å²) >= 11 is 4.91. The predicted octanol–water partition coefficient (Wildman–Crippen LogP) is 0.856. The first-order valence-corrected chi connectivity index (χ1v) is 6.20. The van der Waals surface area contributed by atoms with Gasteiger partial charge in [-0.15, -0.1) is 0 Å². The van der Waals surface area contributed by atoms with Crippen LogP contribution < -0.4 is 10.6 Å². The van der Waals surface area contributed by atoms with Gasteiger partial charge in [-0.25, -0.2) is 4.98 Å². The number of rotatable bonds is 2. The molecule has 1 atom stereocenters. The molecule has 0 amide bonds. The number of nitrogens with two attached hydrogens (primary N) is 1. The number of anilines is 1. The summed E-state index contributed by atoms with van der Waals surface area (Å²) in [6, 6.07) is 4.49. The largest absolute Gasteiger partial charge is 0.389 e. The Balaban J connectivity index is 2.10. The lowest BCUT2D eigenvalue weighted by Gasteiger charge is -2.38. The molecule has 1 saturated heterocycles. The van der Waals surface area contributed by atoms with Crippen LogP contribution in [0.5, 0.6) is 0 Å². The van der Waals surface area contributed by atoms with E-state index in [0.717, 1.165) is 31.0 Å². The smallest absolute Gasteiger partial charge is 0.128 e. The maximum Gasteiger partial charge on any atom is 0.128 e. The SMILES string of the molecule is CC1CN(c2ccc(C(N)=S)cn2)CCN1C. The van der Waals surface area contributed by atoms with Gasteiger partial charge in [0.15, 0.2) is 0 Å². The van der Waals surface area contributed by atoms with Crippen LogP contribution in [-0.2, 0) is 0 Å². The van der Waals surface area contributed by atoms with Gasteiger partial charge in [0.2, 0.25) is 0 Å². The summed E-state index contributed by atoms with van der Waals surface area (Å²) in [7, 11) is 2.16. The lowest BCUT2D eigenvalue weighted by atomic mass is 10.2. The van der Waals surface area contributed by atoms with E-state index < -0.39 is 0 Å². The van der Waals surface area contributed by atoms with E-state index in [1.165, 1.54) is 0 Å². The molecule has 0 spiro atoms. The molecule has 0 bridgehead atoms. The van der Waals surface area contributed by atoms with Crippen LogP contribution >= 0.6 is 12.2 Å². The Hall–Kier alpha value is -1.20. The summed E-state index contributed by atoms with van der Waals surface area (Å²) in [6.45, 7) is 5.33. The Bertz CT molecular complexity index is 403. The Morgan fingerprint density at radius 1 is 1.47 bits per heavy atom. The Labute approximate surface area is 107 Å². The Morgan fingerprint density at radius 2 is 2.24 bits per heavy atom. The number of pyridine rings is 1. The number of nitrogens with zero attached hydrogens (tertiary/aromatic N) is 3. The van der Waals surface area contributed by atoms with Gasteiger partial charge in [-0.1, -0.05) is 12.2 Å². The minimum Gasteiger partial charge on any atom is -0.389 e. The number of aromatic nitrogens is 1. The summed E-state index contributed by atoms with van der Waals surface area (Å²) in [5.41, 5.74) is 6.38. The molecule has 1 aliphatic heterocycles. The van der Waals surface area contributed by atoms with Crippen LogP contribution in [0.2, 0.25) is 0 Å². The molecular weight excluding hydrogens is 232 g/mol. The monoisotopic (exact) mass is 250 g/mol. The van der Waals surface area contributed by atoms with Crippen LogP contribution in [0.15, 0.2) is 18.3 Å². The summed E-state index contributed by atoms with van der Waals surface area (Å²) in [6.07, 6.45) is 1.75. The average molecular weight is 250 g/mol. The highest BCUT2D eigenvalue weighted by Gasteiger charge is 2.21. The Kier molecular flexibility index (Phi) is 3.59. The van der Waals surface area contributed by atoms with E-state index in [-0.39, 0.29) is 0 Å². The van der Waals surface area contributed by atoms with Crippen molar-refractivity contribution in [1.29, 1.82) is 0 Å². The molecule has 5 heteroatoms. The number of hydrogen-bond donors (Lipinski definition) is 1. The second kappa shape index (κ2) is 4.98. The molecule has 0 aromatic carbocycles. The Morgan fingerprint density at radius 3 is 2.76 bits per heavy atom. The zero-order valence-corrected chi connectivity index (χ0v) is 11.1. The summed E-state index contributed by atoms with van der Waals surface area (Å²) in [5.74, 6) is 1.00. The van der Waals surface area contributed by atoms with Gasteiger partial charge in [0, 0.05) is 37.4 Å². The van der Waals surface area contributed by atoms with Crippen LogP contribution in [0.1, 0.15) is 12.5 Å². The van der Waals surface area contributed by atoms with Gasteiger partial charge < -0.3 is 15.5 Å². The van der Waals surface area contributed by atoms with E-state index in [4.69, 9.17) is 18.0 Å². The van der Waals surface area contributed by atoms with Gasteiger partial charge in [-0.2, -0.15) is 0 Å². The fourth-order valence-electron chi connectivity index (χ4n) is 1.98. The van der Waals surface area contributed by atoms with Crippen LogP contribution in [0.3, 0.4) is 0 Å². The predicted molar refractivity (Wildman–Crippen MR) is 74.4 cm³/mol. The lowest BCUT2D eigenvalue weighted by Crippen LogP contribution is -2.50. The normalized spacial score (nSPS) is 21.5. The highest BCUT2D eigenvalue weighted by atomic mass is 32.1. The van der Waals surface area contributed by atoms with E-state index in [2.05, 4.69) is 28.8 Å². The molecule has 0 radical (unpaired) electrons. The van der Waals surface area contributed by atoms with E-state index in [1.807, 2.05) is 12.1 Å². The third kappa shape index (κ3) is 2.73. The third-order valence-electron chi connectivity index (χ3n) is 3.32. The van der Waals surface area contributed by atoms with Gasteiger partial charge in [-0.3, -0.25) is 0 Å². The highest BCUT2D eigenvalue weighted by molar-refractivity contribution is 7.80. The fourth-order valence-corrected chi connectivity index (χ4v) is 2.10. The van der Waals surface area contributed by atoms with E-state index in [1.54, 1.807) is 6.20 Å². The standard InChI is InChI=1S/C12H18N4S/c1-9-8-16(6-5-15(9)2)11-4-3-10(7-14-11)12(13)17/h3-4,7,9H,5-6,8H2,1-2H3,(H2,13,17). The van der Waals surface area contributed by atoms with Gasteiger partial charge in [-0.05, 0) is 26.1 Å².